The van der Waals surface area contributed by atoms with Crippen LogP contribution in [0.5, 0.6) is 0 Å². The molecule has 0 N–H and O–H groups in total. The van der Waals surface area contributed by atoms with Crippen molar-refractivity contribution >= 4 is 11.6 Å². The number of rotatable bonds is 9. The number of alkyl halides is 1. The Balaban J connectivity index is 2.27. The molecule has 2 heteroatoms. The van der Waals surface area contributed by atoms with Crippen LogP contribution in [-0.2, 0) is 0 Å². The zero-order valence-electron chi connectivity index (χ0n) is 11.3. The van der Waals surface area contributed by atoms with Gasteiger partial charge in [-0.25, -0.2) is 4.39 Å². The SMILES string of the molecule is CCCCCCCCC(CCl)c1ccc(F)cc1. The van der Waals surface area contributed by atoms with Crippen molar-refractivity contribution in [3.63, 3.8) is 0 Å². The molecule has 0 heterocycles. The second-order valence-corrected chi connectivity index (χ2v) is 5.27. The highest BCUT2D eigenvalue weighted by atomic mass is 35.5. The van der Waals surface area contributed by atoms with E-state index in [-0.39, 0.29) is 5.82 Å². The Morgan fingerprint density at radius 1 is 1.00 bits per heavy atom. The Kier molecular flexibility index (Phi) is 8.08. The van der Waals surface area contributed by atoms with Gasteiger partial charge in [-0.2, -0.15) is 0 Å². The molecular formula is C16H24ClF. The summed E-state index contributed by atoms with van der Waals surface area (Å²) in [5, 5.41) is 0. The van der Waals surface area contributed by atoms with Crippen molar-refractivity contribution in [1.29, 1.82) is 0 Å². The summed E-state index contributed by atoms with van der Waals surface area (Å²) in [5.74, 6) is 0.825. The second-order valence-electron chi connectivity index (χ2n) is 4.96. The molecule has 0 bridgehead atoms. The maximum absolute atomic E-state index is 12.8. The van der Waals surface area contributed by atoms with E-state index in [1.807, 2.05) is 12.1 Å². The predicted octanol–water partition coefficient (Wildman–Crippen LogP) is 5.90. The fourth-order valence-corrected chi connectivity index (χ4v) is 2.57. The highest BCUT2D eigenvalue weighted by Crippen LogP contribution is 2.24. The summed E-state index contributed by atoms with van der Waals surface area (Å²) in [6, 6.07) is 6.77. The fourth-order valence-electron chi connectivity index (χ4n) is 2.24. The topological polar surface area (TPSA) is 0 Å². The monoisotopic (exact) mass is 270 g/mol. The van der Waals surface area contributed by atoms with Gasteiger partial charge in [0, 0.05) is 5.88 Å². The second kappa shape index (κ2) is 9.38. The van der Waals surface area contributed by atoms with Crippen LogP contribution < -0.4 is 0 Å². The minimum Gasteiger partial charge on any atom is -0.207 e. The molecule has 0 aliphatic heterocycles. The lowest BCUT2D eigenvalue weighted by atomic mass is 9.94. The van der Waals surface area contributed by atoms with Crippen LogP contribution in [0.25, 0.3) is 0 Å². The lowest BCUT2D eigenvalue weighted by Crippen LogP contribution is -2.00. The van der Waals surface area contributed by atoms with Crippen molar-refractivity contribution in [3.8, 4) is 0 Å². The van der Waals surface area contributed by atoms with Gasteiger partial charge in [-0.3, -0.25) is 0 Å². The van der Waals surface area contributed by atoms with Crippen molar-refractivity contribution in [2.75, 3.05) is 5.88 Å². The molecule has 1 aromatic carbocycles. The normalized spacial score (nSPS) is 12.6. The summed E-state index contributed by atoms with van der Waals surface area (Å²) < 4.78 is 12.8. The van der Waals surface area contributed by atoms with Crippen LogP contribution >= 0.6 is 11.6 Å². The lowest BCUT2D eigenvalue weighted by Gasteiger charge is -2.14. The molecule has 0 fully saturated rings. The van der Waals surface area contributed by atoms with Crippen LogP contribution in [0, 0.1) is 5.82 Å². The lowest BCUT2D eigenvalue weighted by molar-refractivity contribution is 0.558. The average Bonchev–Trinajstić information content (AvgIpc) is 2.39. The summed E-state index contributed by atoms with van der Waals surface area (Å²) in [5.41, 5.74) is 1.17. The zero-order valence-corrected chi connectivity index (χ0v) is 12.1. The van der Waals surface area contributed by atoms with E-state index in [4.69, 9.17) is 11.6 Å². The van der Waals surface area contributed by atoms with Gasteiger partial charge in [-0.1, -0.05) is 57.6 Å². The zero-order chi connectivity index (χ0) is 13.2. The van der Waals surface area contributed by atoms with Gasteiger partial charge in [-0.05, 0) is 30.0 Å². The number of halogens is 2. The molecule has 0 saturated carbocycles. The number of unbranched alkanes of at least 4 members (excludes halogenated alkanes) is 5. The molecule has 1 atom stereocenters. The maximum atomic E-state index is 12.8. The van der Waals surface area contributed by atoms with Crippen LogP contribution in [0.4, 0.5) is 4.39 Å². The van der Waals surface area contributed by atoms with Crippen LogP contribution in [0.3, 0.4) is 0 Å². The standard InChI is InChI=1S/C16H24ClF/c1-2-3-4-5-6-7-8-15(13-17)14-9-11-16(18)12-10-14/h9-12,15H,2-8,13H2,1H3. The van der Waals surface area contributed by atoms with Crippen LogP contribution in [0.15, 0.2) is 24.3 Å². The van der Waals surface area contributed by atoms with Crippen LogP contribution in [-0.4, -0.2) is 5.88 Å². The molecular weight excluding hydrogens is 247 g/mol. The van der Waals surface area contributed by atoms with Crippen LogP contribution in [0.2, 0.25) is 0 Å². The van der Waals surface area contributed by atoms with E-state index in [2.05, 4.69) is 6.92 Å². The van der Waals surface area contributed by atoms with E-state index in [0.29, 0.717) is 11.8 Å². The smallest absolute Gasteiger partial charge is 0.123 e. The summed E-state index contributed by atoms with van der Waals surface area (Å²) in [4.78, 5) is 0. The summed E-state index contributed by atoms with van der Waals surface area (Å²) >= 11 is 6.01. The minimum atomic E-state index is -0.174. The van der Waals surface area contributed by atoms with E-state index < -0.39 is 0 Å². The summed E-state index contributed by atoms with van der Waals surface area (Å²) in [7, 11) is 0. The molecule has 0 spiro atoms. The van der Waals surface area contributed by atoms with Crippen molar-refractivity contribution in [2.45, 2.75) is 57.8 Å². The van der Waals surface area contributed by atoms with E-state index in [9.17, 15) is 4.39 Å². The first kappa shape index (κ1) is 15.5. The van der Waals surface area contributed by atoms with E-state index >= 15 is 0 Å². The fraction of sp³-hybridized carbons (Fsp3) is 0.625. The van der Waals surface area contributed by atoms with Gasteiger partial charge in [0.25, 0.3) is 0 Å². The molecule has 1 unspecified atom stereocenters. The van der Waals surface area contributed by atoms with Crippen molar-refractivity contribution in [3.05, 3.63) is 35.6 Å². The van der Waals surface area contributed by atoms with Gasteiger partial charge in [0.1, 0.15) is 5.82 Å². The average molecular weight is 271 g/mol. The van der Waals surface area contributed by atoms with Crippen LogP contribution in [0.1, 0.15) is 63.4 Å². The molecule has 0 radical (unpaired) electrons. The third-order valence-electron chi connectivity index (χ3n) is 3.43. The Hall–Kier alpha value is -0.560. The highest BCUT2D eigenvalue weighted by Gasteiger charge is 2.09. The quantitative estimate of drug-likeness (QED) is 0.387. The maximum Gasteiger partial charge on any atom is 0.123 e. The molecule has 0 saturated heterocycles. The van der Waals surface area contributed by atoms with Gasteiger partial charge in [0.15, 0.2) is 0 Å². The molecule has 0 aliphatic carbocycles. The number of hydrogen-bond acceptors (Lipinski definition) is 0. The van der Waals surface area contributed by atoms with Gasteiger partial charge in [-0.15, -0.1) is 11.6 Å². The molecule has 0 amide bonds. The Morgan fingerprint density at radius 2 is 1.61 bits per heavy atom. The first-order chi connectivity index (χ1) is 8.77. The number of benzene rings is 1. The molecule has 0 aliphatic rings. The van der Waals surface area contributed by atoms with E-state index in [1.54, 1.807) is 0 Å². The van der Waals surface area contributed by atoms with Gasteiger partial charge in [0.05, 0.1) is 0 Å². The van der Waals surface area contributed by atoms with Crippen molar-refractivity contribution in [1.82, 2.24) is 0 Å². The largest absolute Gasteiger partial charge is 0.207 e. The van der Waals surface area contributed by atoms with Crippen molar-refractivity contribution < 1.29 is 4.39 Å². The Morgan fingerprint density at radius 3 is 2.22 bits per heavy atom. The summed E-state index contributed by atoms with van der Waals surface area (Å²) in [6.07, 6.45) is 8.93. The van der Waals surface area contributed by atoms with Gasteiger partial charge < -0.3 is 0 Å². The van der Waals surface area contributed by atoms with Crippen molar-refractivity contribution in [2.24, 2.45) is 0 Å². The molecule has 1 aromatic rings. The Bertz CT molecular complexity index is 307. The third-order valence-corrected chi connectivity index (χ3v) is 3.81. The summed E-state index contributed by atoms with van der Waals surface area (Å²) in [6.45, 7) is 2.23. The Labute approximate surface area is 116 Å². The third kappa shape index (κ3) is 5.86. The first-order valence-corrected chi connectivity index (χ1v) is 7.62. The van der Waals surface area contributed by atoms with Gasteiger partial charge >= 0.3 is 0 Å². The molecule has 1 rings (SSSR count). The molecule has 18 heavy (non-hydrogen) atoms. The highest BCUT2D eigenvalue weighted by molar-refractivity contribution is 6.18. The van der Waals surface area contributed by atoms with E-state index in [0.717, 1.165) is 6.42 Å². The number of hydrogen-bond donors (Lipinski definition) is 0. The van der Waals surface area contributed by atoms with E-state index in [1.165, 1.54) is 56.2 Å². The first-order valence-electron chi connectivity index (χ1n) is 7.09. The minimum absolute atomic E-state index is 0.174. The predicted molar refractivity (Wildman–Crippen MR) is 77.9 cm³/mol. The molecule has 102 valence electrons. The van der Waals surface area contributed by atoms with Gasteiger partial charge in [0.2, 0.25) is 0 Å². The molecule has 0 nitrogen and oxygen atoms in total. The molecule has 0 aromatic heterocycles.